The molecule has 1 aliphatic carbocycles. The summed E-state index contributed by atoms with van der Waals surface area (Å²) in [5, 5.41) is 16.2. The van der Waals surface area contributed by atoms with Crippen molar-refractivity contribution in [1.82, 2.24) is 20.5 Å². The minimum Gasteiger partial charge on any atom is -0.488 e. The molecule has 11 nitrogen and oxygen atoms in total. The van der Waals surface area contributed by atoms with Crippen LogP contribution in [0.1, 0.15) is 59.9 Å². The van der Waals surface area contributed by atoms with Gasteiger partial charge in [-0.3, -0.25) is 9.59 Å². The summed E-state index contributed by atoms with van der Waals surface area (Å²) in [6.07, 6.45) is 1.26. The molecule has 2 heterocycles. The number of fused-ring (bicyclic) bond motifs is 1. The lowest BCUT2D eigenvalue weighted by Gasteiger charge is -2.31. The molecule has 3 amide bonds. The fraction of sp³-hybridized carbons (Fsp3) is 0.447. The number of aliphatic carboxylic acids is 1. The molecule has 1 saturated heterocycles. The highest BCUT2D eigenvalue weighted by Crippen LogP contribution is 2.45. The number of hydrogen-bond acceptors (Lipinski definition) is 7. The van der Waals surface area contributed by atoms with Gasteiger partial charge in [0.15, 0.2) is 0 Å². The Bertz CT molecular complexity index is 1750. The predicted octanol–water partition coefficient (Wildman–Crippen LogP) is 5.51. The maximum absolute atomic E-state index is 14.2. The van der Waals surface area contributed by atoms with E-state index in [0.717, 1.165) is 28.5 Å². The van der Waals surface area contributed by atoms with Crippen molar-refractivity contribution in [2.45, 2.75) is 90.1 Å². The molecule has 2 fully saturated rings. The molecule has 1 aromatic heterocycles. The molecular formula is C38H46N4O7. The molecule has 3 aromatic rings. The fourth-order valence-electron chi connectivity index (χ4n) is 6.32. The van der Waals surface area contributed by atoms with Crippen LogP contribution >= 0.6 is 0 Å². The summed E-state index contributed by atoms with van der Waals surface area (Å²) in [5.41, 5.74) is 1.22. The van der Waals surface area contributed by atoms with E-state index in [0.29, 0.717) is 11.4 Å². The van der Waals surface area contributed by atoms with Crippen molar-refractivity contribution in [2.24, 2.45) is 11.8 Å². The van der Waals surface area contributed by atoms with Gasteiger partial charge in [0.05, 0.1) is 17.8 Å². The zero-order valence-electron chi connectivity index (χ0n) is 29.0. The van der Waals surface area contributed by atoms with Crippen LogP contribution in [0.15, 0.2) is 67.3 Å². The molecule has 3 N–H and O–H groups in total. The third kappa shape index (κ3) is 7.71. The zero-order valence-corrected chi connectivity index (χ0v) is 29.0. The van der Waals surface area contributed by atoms with Gasteiger partial charge in [0, 0.05) is 29.4 Å². The van der Waals surface area contributed by atoms with Crippen molar-refractivity contribution >= 4 is 34.8 Å². The van der Waals surface area contributed by atoms with Crippen LogP contribution in [-0.4, -0.2) is 74.7 Å². The van der Waals surface area contributed by atoms with E-state index in [1.807, 2.05) is 54.6 Å². The summed E-state index contributed by atoms with van der Waals surface area (Å²) in [7, 11) is 0. The molecule has 49 heavy (non-hydrogen) atoms. The Labute approximate surface area is 287 Å². The summed E-state index contributed by atoms with van der Waals surface area (Å²) in [4.78, 5) is 59.5. The fourth-order valence-corrected chi connectivity index (χ4v) is 6.32. The van der Waals surface area contributed by atoms with Crippen LogP contribution in [0.3, 0.4) is 0 Å². The van der Waals surface area contributed by atoms with Gasteiger partial charge in [-0.05, 0) is 57.2 Å². The molecule has 1 aliphatic heterocycles. The van der Waals surface area contributed by atoms with Gasteiger partial charge in [-0.15, -0.1) is 6.58 Å². The topological polar surface area (TPSA) is 147 Å². The second kappa shape index (κ2) is 13.9. The Morgan fingerprint density at radius 1 is 1.12 bits per heavy atom. The summed E-state index contributed by atoms with van der Waals surface area (Å²) in [6.45, 7) is 14.6. The van der Waals surface area contributed by atoms with Crippen LogP contribution in [0.2, 0.25) is 0 Å². The van der Waals surface area contributed by atoms with Gasteiger partial charge in [-0.25, -0.2) is 14.6 Å². The lowest BCUT2D eigenvalue weighted by atomic mass is 10.0. The normalized spacial score (nSPS) is 22.3. The first-order valence-electron chi connectivity index (χ1n) is 16.8. The minimum absolute atomic E-state index is 0.0264. The number of likely N-dealkylation sites (tertiary alicyclic amines) is 1. The van der Waals surface area contributed by atoms with Crippen molar-refractivity contribution in [3.63, 3.8) is 0 Å². The molecule has 5 atom stereocenters. The Morgan fingerprint density at radius 2 is 1.84 bits per heavy atom. The number of carboxylic acid groups (broad SMARTS) is 1. The van der Waals surface area contributed by atoms with E-state index < -0.39 is 59.1 Å². The van der Waals surface area contributed by atoms with Crippen molar-refractivity contribution in [3.8, 4) is 17.0 Å². The third-order valence-electron chi connectivity index (χ3n) is 9.09. The van der Waals surface area contributed by atoms with Gasteiger partial charge in [0.25, 0.3) is 0 Å². The van der Waals surface area contributed by atoms with Gasteiger partial charge < -0.3 is 30.1 Å². The first-order valence-corrected chi connectivity index (χ1v) is 16.8. The summed E-state index contributed by atoms with van der Waals surface area (Å²) < 4.78 is 12.1. The van der Waals surface area contributed by atoms with E-state index >= 15 is 0 Å². The lowest BCUT2D eigenvalue weighted by Crippen LogP contribution is -2.57. The first kappa shape index (κ1) is 35.4. The Hall–Kier alpha value is -4.93. The number of carbonyl (C=O) groups excluding carboxylic acids is 3. The molecule has 2 aromatic carbocycles. The van der Waals surface area contributed by atoms with E-state index in [-0.39, 0.29) is 25.3 Å². The molecule has 5 rings (SSSR count). The Balaban J connectivity index is 1.49. The second-order valence-electron chi connectivity index (χ2n) is 14.2. The van der Waals surface area contributed by atoms with Crippen molar-refractivity contribution in [2.75, 3.05) is 6.54 Å². The lowest BCUT2D eigenvalue weighted by molar-refractivity contribution is -0.146. The molecule has 260 valence electrons. The number of alkyl carbamates (subject to hydrolysis) is 1. The van der Waals surface area contributed by atoms with E-state index in [1.165, 1.54) is 11.0 Å². The number of ether oxygens (including phenoxy) is 2. The van der Waals surface area contributed by atoms with Crippen molar-refractivity contribution in [1.29, 1.82) is 0 Å². The van der Waals surface area contributed by atoms with Gasteiger partial charge in [0.2, 0.25) is 11.8 Å². The number of benzene rings is 2. The molecule has 1 saturated carbocycles. The van der Waals surface area contributed by atoms with Crippen LogP contribution in [0.4, 0.5) is 4.79 Å². The van der Waals surface area contributed by atoms with Crippen LogP contribution in [0, 0.1) is 11.8 Å². The number of carboxylic acids is 1. The first-order chi connectivity index (χ1) is 23.2. The van der Waals surface area contributed by atoms with E-state index in [9.17, 15) is 24.3 Å². The maximum Gasteiger partial charge on any atom is 0.408 e. The van der Waals surface area contributed by atoms with E-state index in [1.54, 1.807) is 34.6 Å². The van der Waals surface area contributed by atoms with E-state index in [4.69, 9.17) is 14.5 Å². The largest absolute Gasteiger partial charge is 0.488 e. The highest BCUT2D eigenvalue weighted by Gasteiger charge is 2.61. The number of aromatic nitrogens is 1. The number of nitrogens with one attached hydrogen (secondary N) is 2. The monoisotopic (exact) mass is 670 g/mol. The summed E-state index contributed by atoms with van der Waals surface area (Å²) in [5.74, 6) is -2.51. The highest BCUT2D eigenvalue weighted by atomic mass is 16.6. The average Bonchev–Trinajstić information content (AvgIpc) is 3.61. The smallest absolute Gasteiger partial charge is 0.408 e. The maximum atomic E-state index is 14.2. The van der Waals surface area contributed by atoms with Crippen LogP contribution < -0.4 is 15.4 Å². The van der Waals surface area contributed by atoms with Gasteiger partial charge >= 0.3 is 12.1 Å². The third-order valence-corrected chi connectivity index (χ3v) is 9.09. The standard InChI is InChI=1S/C38H46N4O7/c1-8-23-15-16-27-29(17-23)39-28(24-13-11-10-12-14-24)19-31(27)48-26-18-30(33(43)41-38(35(45)46)20-25(38)9-2)42(21-26)34(44)32(22(3)4)40-36(47)49-37(5,6)7/h9-17,19,22,25-26,30,32H,2,8,18,20-21H2,1,3-7H3,(H,40,47)(H,41,43)(H,45,46)/t25-,26+,30-,32-,38?/m0/s1. The van der Waals surface area contributed by atoms with Crippen LogP contribution in [0.25, 0.3) is 22.2 Å². The molecule has 1 unspecified atom stereocenters. The van der Waals surface area contributed by atoms with Crippen LogP contribution in [0.5, 0.6) is 5.75 Å². The Kier molecular flexibility index (Phi) is 10.0. The number of nitrogens with zero attached hydrogens (tertiary/aromatic N) is 2. The number of hydrogen-bond donors (Lipinski definition) is 3. The molecular weight excluding hydrogens is 624 g/mol. The number of pyridine rings is 1. The van der Waals surface area contributed by atoms with E-state index in [2.05, 4.69) is 24.1 Å². The van der Waals surface area contributed by atoms with Crippen molar-refractivity contribution in [3.05, 3.63) is 72.8 Å². The highest BCUT2D eigenvalue weighted by molar-refractivity contribution is 5.96. The average molecular weight is 671 g/mol. The molecule has 2 aliphatic rings. The summed E-state index contributed by atoms with van der Waals surface area (Å²) >= 11 is 0. The predicted molar refractivity (Wildman–Crippen MR) is 186 cm³/mol. The SMILES string of the molecule is C=C[C@H]1CC1(NC(=O)[C@@H]1C[C@@H](Oc2cc(-c3ccccc3)nc3cc(CC)ccc23)CN1C(=O)[C@@H](NC(=O)OC(C)(C)C)C(C)C)C(=O)O. The number of carbonyl (C=O) groups is 4. The van der Waals surface area contributed by atoms with Gasteiger partial charge in [-0.1, -0.05) is 63.2 Å². The molecule has 0 bridgehead atoms. The van der Waals surface area contributed by atoms with Crippen molar-refractivity contribution < 1.29 is 33.8 Å². The minimum atomic E-state index is -1.48. The number of rotatable bonds is 11. The Morgan fingerprint density at radius 3 is 2.43 bits per heavy atom. The quantitative estimate of drug-likeness (QED) is 0.227. The molecule has 0 spiro atoms. The molecule has 11 heteroatoms. The van der Waals surface area contributed by atoms with Gasteiger partial charge in [-0.2, -0.15) is 0 Å². The van der Waals surface area contributed by atoms with Gasteiger partial charge in [0.1, 0.15) is 35.1 Å². The zero-order chi connectivity index (χ0) is 35.7. The number of amides is 3. The number of aryl methyl sites for hydroxylation is 1. The second-order valence-corrected chi connectivity index (χ2v) is 14.2. The summed E-state index contributed by atoms with van der Waals surface area (Å²) in [6, 6.07) is 15.5. The van der Waals surface area contributed by atoms with Crippen LogP contribution in [-0.2, 0) is 25.5 Å². The molecule has 0 radical (unpaired) electrons.